The Morgan fingerprint density at radius 1 is 1.08 bits per heavy atom. The fourth-order valence-corrected chi connectivity index (χ4v) is 2.65. The number of benzene rings is 1. The van der Waals surface area contributed by atoms with Crippen LogP contribution in [0.2, 0.25) is 0 Å². The van der Waals surface area contributed by atoms with Gasteiger partial charge in [0.05, 0.1) is 17.2 Å². The zero-order valence-corrected chi connectivity index (χ0v) is 14.8. The van der Waals surface area contributed by atoms with Crippen molar-refractivity contribution in [3.63, 3.8) is 0 Å². The molecule has 0 unspecified atom stereocenters. The Morgan fingerprint density at radius 3 is 2.40 bits per heavy atom. The van der Waals surface area contributed by atoms with Crippen LogP contribution in [-0.4, -0.2) is 48.2 Å². The second-order valence-electron chi connectivity index (χ2n) is 5.27. The number of halogens is 1. The van der Waals surface area contributed by atoms with E-state index >= 15 is 0 Å². The maximum Gasteiger partial charge on any atom is 0.262 e. The number of hydrogen-bond donors (Lipinski definition) is 2. The van der Waals surface area contributed by atoms with E-state index < -0.39 is 17.7 Å². The minimum atomic E-state index is -0.500. The maximum atomic E-state index is 12.2. The molecule has 2 rings (SSSR count). The number of hydrogen-bond acceptors (Lipinski definition) is 5. The van der Waals surface area contributed by atoms with Gasteiger partial charge in [0.15, 0.2) is 0 Å². The number of rotatable bonds is 7. The van der Waals surface area contributed by atoms with E-state index in [9.17, 15) is 19.2 Å². The second kappa shape index (κ2) is 8.39. The van der Waals surface area contributed by atoms with Crippen LogP contribution in [0.3, 0.4) is 0 Å². The molecule has 130 valence electrons. The number of amides is 4. The highest BCUT2D eigenvalue weighted by molar-refractivity contribution is 9.10. The number of carbonyl (C=O) groups excluding carboxylic acids is 4. The lowest BCUT2D eigenvalue weighted by molar-refractivity contribution is -0.121. The maximum absolute atomic E-state index is 12.2. The van der Waals surface area contributed by atoms with Crippen LogP contribution in [0.25, 0.3) is 0 Å². The van der Waals surface area contributed by atoms with Crippen LogP contribution in [-0.2, 0) is 9.59 Å². The van der Waals surface area contributed by atoms with Gasteiger partial charge < -0.3 is 10.6 Å². The fourth-order valence-electron chi connectivity index (χ4n) is 2.28. The molecule has 0 fully saturated rings. The van der Waals surface area contributed by atoms with Gasteiger partial charge in [-0.3, -0.25) is 24.1 Å². The monoisotopic (exact) mass is 406 g/mol. The van der Waals surface area contributed by atoms with E-state index in [-0.39, 0.29) is 36.5 Å². The Morgan fingerprint density at radius 2 is 1.72 bits per heavy atom. The van der Waals surface area contributed by atoms with E-state index in [2.05, 4.69) is 26.6 Å². The number of imide groups is 1. The quantitative estimate of drug-likeness (QED) is 0.506. The number of carbonyl (C=O) groups is 4. The highest BCUT2D eigenvalue weighted by Gasteiger charge is 2.36. The summed E-state index contributed by atoms with van der Waals surface area (Å²) in [4.78, 5) is 48.3. The van der Waals surface area contributed by atoms with Gasteiger partial charge in [-0.05, 0) is 24.6 Å². The zero-order chi connectivity index (χ0) is 18.4. The Bertz CT molecular complexity index is 772. The predicted molar refractivity (Wildman–Crippen MR) is 90.4 cm³/mol. The summed E-state index contributed by atoms with van der Waals surface area (Å²) in [7, 11) is 0. The van der Waals surface area contributed by atoms with E-state index in [0.717, 1.165) is 4.90 Å². The van der Waals surface area contributed by atoms with Gasteiger partial charge in [-0.15, -0.1) is 0 Å². The lowest BCUT2D eigenvalue weighted by Crippen LogP contribution is -2.41. The van der Waals surface area contributed by atoms with Gasteiger partial charge in [0.25, 0.3) is 11.8 Å². The molecule has 4 amide bonds. The number of fused-ring (bicyclic) bond motifs is 1. The molecular formula is C16H15BrN4O4. The SMILES string of the molecule is N#CCC(=O)NCCCNC(=O)CN1C(=O)c2ccc(Br)cc2C1=O. The molecule has 1 aromatic rings. The molecule has 0 radical (unpaired) electrons. The molecule has 1 aromatic carbocycles. The largest absolute Gasteiger partial charge is 0.355 e. The molecule has 2 N–H and O–H groups in total. The van der Waals surface area contributed by atoms with Crippen LogP contribution in [0.5, 0.6) is 0 Å². The van der Waals surface area contributed by atoms with Crippen LogP contribution >= 0.6 is 15.9 Å². The fraction of sp³-hybridized carbons (Fsp3) is 0.312. The van der Waals surface area contributed by atoms with E-state index in [0.29, 0.717) is 17.4 Å². The summed E-state index contributed by atoms with van der Waals surface area (Å²) < 4.78 is 0.678. The minimum absolute atomic E-state index is 0.206. The summed E-state index contributed by atoms with van der Waals surface area (Å²) in [6.07, 6.45) is 0.264. The minimum Gasteiger partial charge on any atom is -0.355 e. The summed E-state index contributed by atoms with van der Waals surface area (Å²) in [5.41, 5.74) is 0.550. The Balaban J connectivity index is 1.78. The first-order chi connectivity index (χ1) is 11.9. The van der Waals surface area contributed by atoms with Crippen LogP contribution < -0.4 is 10.6 Å². The molecule has 0 saturated carbocycles. The summed E-state index contributed by atoms with van der Waals surface area (Å²) >= 11 is 3.24. The average Bonchev–Trinajstić information content (AvgIpc) is 2.79. The van der Waals surface area contributed by atoms with E-state index in [1.54, 1.807) is 24.3 Å². The Kier molecular flexibility index (Phi) is 6.25. The summed E-state index contributed by atoms with van der Waals surface area (Å²) in [6.45, 7) is 0.243. The van der Waals surface area contributed by atoms with Crippen molar-refractivity contribution in [3.8, 4) is 6.07 Å². The van der Waals surface area contributed by atoms with E-state index in [4.69, 9.17) is 5.26 Å². The van der Waals surface area contributed by atoms with Crippen LogP contribution in [0.4, 0.5) is 0 Å². The molecule has 0 aromatic heterocycles. The van der Waals surface area contributed by atoms with Gasteiger partial charge in [0.1, 0.15) is 13.0 Å². The second-order valence-corrected chi connectivity index (χ2v) is 6.19. The molecule has 9 heteroatoms. The van der Waals surface area contributed by atoms with Gasteiger partial charge in [-0.25, -0.2) is 0 Å². The molecule has 1 aliphatic rings. The third-order valence-corrected chi connectivity index (χ3v) is 3.97. The topological polar surface area (TPSA) is 119 Å². The Hall–Kier alpha value is -2.73. The first-order valence-electron chi connectivity index (χ1n) is 7.50. The number of nitrogens with one attached hydrogen (secondary N) is 2. The lowest BCUT2D eigenvalue weighted by Gasteiger charge is -2.13. The number of nitrogens with zero attached hydrogens (tertiary/aromatic N) is 2. The molecule has 25 heavy (non-hydrogen) atoms. The van der Waals surface area contributed by atoms with Gasteiger partial charge in [0, 0.05) is 17.6 Å². The molecule has 0 atom stereocenters. The van der Waals surface area contributed by atoms with Crippen molar-refractivity contribution in [1.29, 1.82) is 5.26 Å². The molecule has 0 saturated heterocycles. The van der Waals surface area contributed by atoms with Gasteiger partial charge >= 0.3 is 0 Å². The summed E-state index contributed by atoms with van der Waals surface area (Å²) in [5, 5.41) is 13.5. The first kappa shape index (κ1) is 18.6. The molecule has 0 spiro atoms. The molecular weight excluding hydrogens is 392 g/mol. The van der Waals surface area contributed by atoms with Crippen LogP contribution in [0.1, 0.15) is 33.6 Å². The summed E-state index contributed by atoms with van der Waals surface area (Å²) in [6, 6.07) is 6.49. The van der Waals surface area contributed by atoms with Crippen molar-refractivity contribution in [2.24, 2.45) is 0 Å². The van der Waals surface area contributed by atoms with Gasteiger partial charge in [0.2, 0.25) is 11.8 Å². The zero-order valence-electron chi connectivity index (χ0n) is 13.2. The van der Waals surface area contributed by atoms with E-state index in [1.165, 1.54) is 0 Å². The van der Waals surface area contributed by atoms with Crippen molar-refractivity contribution >= 4 is 39.6 Å². The van der Waals surface area contributed by atoms with Crippen molar-refractivity contribution < 1.29 is 19.2 Å². The van der Waals surface area contributed by atoms with Gasteiger partial charge in [-0.2, -0.15) is 5.26 Å². The number of nitriles is 1. The predicted octanol–water partition coefficient (Wildman–Crippen LogP) is 0.581. The summed E-state index contributed by atoms with van der Waals surface area (Å²) in [5.74, 6) is -1.82. The highest BCUT2D eigenvalue weighted by Crippen LogP contribution is 2.25. The van der Waals surface area contributed by atoms with Crippen molar-refractivity contribution in [2.45, 2.75) is 12.8 Å². The van der Waals surface area contributed by atoms with Crippen molar-refractivity contribution in [1.82, 2.24) is 15.5 Å². The average molecular weight is 407 g/mol. The molecule has 1 aliphatic heterocycles. The van der Waals surface area contributed by atoms with E-state index in [1.807, 2.05) is 0 Å². The Labute approximate surface area is 152 Å². The van der Waals surface area contributed by atoms with Crippen LogP contribution in [0, 0.1) is 11.3 Å². The lowest BCUT2D eigenvalue weighted by atomic mass is 10.1. The highest BCUT2D eigenvalue weighted by atomic mass is 79.9. The third kappa shape index (κ3) is 4.64. The first-order valence-corrected chi connectivity index (χ1v) is 8.29. The van der Waals surface area contributed by atoms with Gasteiger partial charge in [-0.1, -0.05) is 15.9 Å². The molecule has 0 aliphatic carbocycles. The molecule has 8 nitrogen and oxygen atoms in total. The molecule has 1 heterocycles. The standard InChI is InChI=1S/C16H15BrN4O4/c17-10-2-3-11-12(8-10)16(25)21(15(11)24)9-14(23)20-7-1-6-19-13(22)4-5-18/h2-3,8H,1,4,6-7,9H2,(H,19,22)(H,20,23). The normalized spacial score (nSPS) is 12.6. The van der Waals surface area contributed by atoms with Crippen molar-refractivity contribution in [3.05, 3.63) is 33.8 Å². The smallest absolute Gasteiger partial charge is 0.262 e. The molecule has 0 bridgehead atoms. The van der Waals surface area contributed by atoms with Crippen molar-refractivity contribution in [2.75, 3.05) is 19.6 Å². The third-order valence-electron chi connectivity index (χ3n) is 3.47. The van der Waals surface area contributed by atoms with Crippen LogP contribution in [0.15, 0.2) is 22.7 Å².